The number of amides is 1. The predicted molar refractivity (Wildman–Crippen MR) is 117 cm³/mol. The van der Waals surface area contributed by atoms with E-state index < -0.39 is 6.04 Å². The van der Waals surface area contributed by atoms with Gasteiger partial charge >= 0.3 is 0 Å². The second-order valence-corrected chi connectivity index (χ2v) is 7.47. The number of ether oxygens (including phenoxy) is 2. The Kier molecular flexibility index (Phi) is 6.77. The summed E-state index contributed by atoms with van der Waals surface area (Å²) in [6.45, 7) is 4.16. The molecule has 158 valence electrons. The molecule has 3 aromatic rings. The molecule has 1 atom stereocenters. The number of benzene rings is 2. The topological polar surface area (TPSA) is 65.4 Å². The molecule has 1 heterocycles. The van der Waals surface area contributed by atoms with E-state index in [1.807, 2.05) is 29.9 Å². The fourth-order valence-corrected chi connectivity index (χ4v) is 3.56. The highest BCUT2D eigenvalue weighted by Crippen LogP contribution is 2.29. The summed E-state index contributed by atoms with van der Waals surface area (Å²) in [7, 11) is 5.13. The van der Waals surface area contributed by atoms with Gasteiger partial charge in [0.1, 0.15) is 23.4 Å². The van der Waals surface area contributed by atoms with Crippen molar-refractivity contribution in [1.29, 1.82) is 0 Å². The summed E-state index contributed by atoms with van der Waals surface area (Å²) < 4.78 is 12.7. The van der Waals surface area contributed by atoms with Crippen molar-refractivity contribution in [1.82, 2.24) is 14.9 Å². The standard InChI is InChI=1S/C24H29N3O3/c1-16-6-7-18(17(2)12-16)8-9-22(28)26-23(24-25-10-11-27(24)3)19-13-20(29-4)15-21(14-19)30-5/h6-7,10-15,23H,8-9H2,1-5H3,(H,26,28). The van der Waals surface area contributed by atoms with Gasteiger partial charge in [-0.3, -0.25) is 4.79 Å². The molecule has 1 unspecified atom stereocenters. The van der Waals surface area contributed by atoms with Gasteiger partial charge in [-0.15, -0.1) is 0 Å². The van der Waals surface area contributed by atoms with E-state index in [-0.39, 0.29) is 5.91 Å². The zero-order chi connectivity index (χ0) is 21.7. The molecule has 1 amide bonds. The molecule has 3 rings (SSSR count). The molecule has 0 saturated carbocycles. The van der Waals surface area contributed by atoms with Gasteiger partial charge in [0.2, 0.25) is 5.91 Å². The number of aromatic nitrogens is 2. The zero-order valence-corrected chi connectivity index (χ0v) is 18.2. The van der Waals surface area contributed by atoms with Gasteiger partial charge in [0.25, 0.3) is 0 Å². The molecule has 0 fully saturated rings. The van der Waals surface area contributed by atoms with E-state index >= 15 is 0 Å². The molecule has 0 aliphatic carbocycles. The second-order valence-electron chi connectivity index (χ2n) is 7.47. The van der Waals surface area contributed by atoms with Crippen LogP contribution < -0.4 is 14.8 Å². The molecule has 0 saturated heterocycles. The maximum absolute atomic E-state index is 12.9. The summed E-state index contributed by atoms with van der Waals surface area (Å²) in [5.41, 5.74) is 4.47. The van der Waals surface area contributed by atoms with E-state index in [1.54, 1.807) is 26.5 Å². The van der Waals surface area contributed by atoms with Gasteiger partial charge in [-0.25, -0.2) is 4.98 Å². The van der Waals surface area contributed by atoms with Gasteiger partial charge < -0.3 is 19.4 Å². The summed E-state index contributed by atoms with van der Waals surface area (Å²) >= 11 is 0. The maximum atomic E-state index is 12.9. The number of hydrogen-bond donors (Lipinski definition) is 1. The van der Waals surface area contributed by atoms with E-state index in [4.69, 9.17) is 9.47 Å². The van der Waals surface area contributed by atoms with Crippen LogP contribution in [-0.2, 0) is 18.3 Å². The Balaban J connectivity index is 1.83. The Labute approximate surface area is 177 Å². The van der Waals surface area contributed by atoms with Crippen molar-refractivity contribution in [2.45, 2.75) is 32.7 Å². The minimum absolute atomic E-state index is 0.0373. The number of hydrogen-bond acceptors (Lipinski definition) is 4. The smallest absolute Gasteiger partial charge is 0.221 e. The first-order chi connectivity index (χ1) is 14.4. The van der Waals surface area contributed by atoms with Crippen LogP contribution in [0.3, 0.4) is 0 Å². The van der Waals surface area contributed by atoms with Crippen molar-refractivity contribution >= 4 is 5.91 Å². The van der Waals surface area contributed by atoms with Crippen LogP contribution in [0.15, 0.2) is 48.8 Å². The van der Waals surface area contributed by atoms with Crippen LogP contribution >= 0.6 is 0 Å². The Morgan fingerprint density at radius 3 is 2.37 bits per heavy atom. The van der Waals surface area contributed by atoms with Crippen LogP contribution in [0.4, 0.5) is 0 Å². The molecule has 6 nitrogen and oxygen atoms in total. The van der Waals surface area contributed by atoms with Crippen LogP contribution in [0.1, 0.15) is 40.5 Å². The fraction of sp³-hybridized carbons (Fsp3) is 0.333. The third-order valence-corrected chi connectivity index (χ3v) is 5.25. The number of methoxy groups -OCH3 is 2. The molecule has 0 aliphatic rings. The quantitative estimate of drug-likeness (QED) is 0.615. The van der Waals surface area contributed by atoms with Crippen molar-refractivity contribution in [3.05, 3.63) is 76.9 Å². The number of nitrogens with zero attached hydrogens (tertiary/aromatic N) is 2. The Morgan fingerprint density at radius 2 is 1.80 bits per heavy atom. The lowest BCUT2D eigenvalue weighted by atomic mass is 10.0. The van der Waals surface area contributed by atoms with Crippen LogP contribution in [-0.4, -0.2) is 29.7 Å². The number of nitrogens with one attached hydrogen (secondary N) is 1. The lowest BCUT2D eigenvalue weighted by molar-refractivity contribution is -0.121. The first-order valence-corrected chi connectivity index (χ1v) is 9.97. The average Bonchev–Trinajstić information content (AvgIpc) is 3.16. The van der Waals surface area contributed by atoms with Crippen LogP contribution in [0, 0.1) is 13.8 Å². The van der Waals surface area contributed by atoms with E-state index in [1.165, 1.54) is 16.7 Å². The molecule has 0 spiro atoms. The van der Waals surface area contributed by atoms with Crippen molar-refractivity contribution in [3.8, 4) is 11.5 Å². The molecule has 0 aliphatic heterocycles. The molecular weight excluding hydrogens is 378 g/mol. The summed E-state index contributed by atoms with van der Waals surface area (Å²) in [5.74, 6) is 2.02. The molecule has 1 aromatic heterocycles. The van der Waals surface area contributed by atoms with Crippen molar-refractivity contribution in [2.75, 3.05) is 14.2 Å². The Bertz CT molecular complexity index is 1000. The molecule has 2 aromatic carbocycles. The number of rotatable bonds is 8. The highest BCUT2D eigenvalue weighted by molar-refractivity contribution is 5.77. The minimum atomic E-state index is -0.416. The van der Waals surface area contributed by atoms with E-state index in [0.29, 0.717) is 24.3 Å². The summed E-state index contributed by atoms with van der Waals surface area (Å²) in [4.78, 5) is 17.3. The Hall–Kier alpha value is -3.28. The second kappa shape index (κ2) is 9.48. The average molecular weight is 408 g/mol. The lowest BCUT2D eigenvalue weighted by Crippen LogP contribution is -2.31. The molecule has 6 heteroatoms. The number of aryl methyl sites for hydroxylation is 4. The van der Waals surface area contributed by atoms with Gasteiger partial charge in [-0.05, 0) is 49.1 Å². The van der Waals surface area contributed by atoms with Gasteiger partial charge in [0.15, 0.2) is 0 Å². The molecule has 30 heavy (non-hydrogen) atoms. The van der Waals surface area contributed by atoms with E-state index in [0.717, 1.165) is 11.4 Å². The zero-order valence-electron chi connectivity index (χ0n) is 18.2. The predicted octanol–water partition coefficient (Wildman–Crippen LogP) is 3.89. The summed E-state index contributed by atoms with van der Waals surface area (Å²) in [5, 5.41) is 3.15. The normalized spacial score (nSPS) is 11.8. The first kappa shape index (κ1) is 21.4. The van der Waals surface area contributed by atoms with Gasteiger partial charge in [-0.2, -0.15) is 0 Å². The fourth-order valence-electron chi connectivity index (χ4n) is 3.56. The molecule has 1 N–H and O–H groups in total. The largest absolute Gasteiger partial charge is 0.497 e. The van der Waals surface area contributed by atoms with Crippen LogP contribution in [0.2, 0.25) is 0 Å². The van der Waals surface area contributed by atoms with Crippen molar-refractivity contribution < 1.29 is 14.3 Å². The van der Waals surface area contributed by atoms with Crippen LogP contribution in [0.25, 0.3) is 0 Å². The molecular formula is C24H29N3O3. The highest BCUT2D eigenvalue weighted by Gasteiger charge is 2.22. The SMILES string of the molecule is COc1cc(OC)cc(C(NC(=O)CCc2ccc(C)cc2C)c2nccn2C)c1. The number of carbonyl (C=O) groups is 1. The van der Waals surface area contributed by atoms with E-state index in [9.17, 15) is 4.79 Å². The third kappa shape index (κ3) is 5.00. The molecule has 0 radical (unpaired) electrons. The molecule has 0 bridgehead atoms. The number of carbonyl (C=O) groups excluding carboxylic acids is 1. The minimum Gasteiger partial charge on any atom is -0.497 e. The first-order valence-electron chi connectivity index (χ1n) is 9.97. The van der Waals surface area contributed by atoms with Crippen molar-refractivity contribution in [3.63, 3.8) is 0 Å². The van der Waals surface area contributed by atoms with Gasteiger partial charge in [0.05, 0.1) is 14.2 Å². The van der Waals surface area contributed by atoms with Crippen molar-refractivity contribution in [2.24, 2.45) is 7.05 Å². The monoisotopic (exact) mass is 407 g/mol. The Morgan fingerprint density at radius 1 is 1.10 bits per heavy atom. The van der Waals surface area contributed by atoms with Crippen LogP contribution in [0.5, 0.6) is 11.5 Å². The van der Waals surface area contributed by atoms with Gasteiger partial charge in [0, 0.05) is 31.9 Å². The number of imidazole rings is 1. The maximum Gasteiger partial charge on any atom is 0.221 e. The third-order valence-electron chi connectivity index (χ3n) is 5.25. The van der Waals surface area contributed by atoms with E-state index in [2.05, 4.69) is 42.3 Å². The lowest BCUT2D eigenvalue weighted by Gasteiger charge is -2.21. The van der Waals surface area contributed by atoms with Gasteiger partial charge in [-0.1, -0.05) is 23.8 Å². The summed E-state index contributed by atoms with van der Waals surface area (Å²) in [6.07, 6.45) is 4.67. The summed E-state index contributed by atoms with van der Waals surface area (Å²) in [6, 6.07) is 11.5. The highest BCUT2D eigenvalue weighted by atomic mass is 16.5.